The van der Waals surface area contributed by atoms with Gasteiger partial charge in [0.2, 0.25) is 0 Å². The van der Waals surface area contributed by atoms with Crippen molar-refractivity contribution >= 4 is 17.5 Å². The molecule has 3 heterocycles. The van der Waals surface area contributed by atoms with Gasteiger partial charge in [-0.3, -0.25) is 0 Å². The summed E-state index contributed by atoms with van der Waals surface area (Å²) in [6, 6.07) is 2.27. The fourth-order valence-electron chi connectivity index (χ4n) is 2.41. The maximum atomic E-state index is 12.6. The molecule has 2 N–H and O–H groups in total. The first-order chi connectivity index (χ1) is 11.4. The smallest absolute Gasteiger partial charge is 0.351 e. The zero-order chi connectivity index (χ0) is 17.2. The SMILES string of the molecule is Cc1cnc(Nc2ccc(C(F)(F)F)cn2)c(N2CCNCC2)n1. The summed E-state index contributed by atoms with van der Waals surface area (Å²) in [6.07, 6.45) is -1.99. The van der Waals surface area contributed by atoms with Crippen molar-refractivity contribution in [2.24, 2.45) is 0 Å². The zero-order valence-corrected chi connectivity index (χ0v) is 13.1. The Morgan fingerprint density at radius 1 is 1.12 bits per heavy atom. The van der Waals surface area contributed by atoms with Gasteiger partial charge in [-0.05, 0) is 19.1 Å². The van der Waals surface area contributed by atoms with Crippen LogP contribution in [0.25, 0.3) is 0 Å². The first kappa shape index (κ1) is 16.4. The molecule has 24 heavy (non-hydrogen) atoms. The van der Waals surface area contributed by atoms with Crippen molar-refractivity contribution in [2.75, 3.05) is 36.4 Å². The Bertz CT molecular complexity index is 695. The molecule has 0 bridgehead atoms. The van der Waals surface area contributed by atoms with E-state index in [0.29, 0.717) is 11.6 Å². The Kier molecular flexibility index (Phi) is 4.52. The molecule has 128 valence electrons. The van der Waals surface area contributed by atoms with Crippen LogP contribution in [0.2, 0.25) is 0 Å². The summed E-state index contributed by atoms with van der Waals surface area (Å²) in [5.74, 6) is 1.45. The van der Waals surface area contributed by atoms with E-state index in [0.717, 1.165) is 44.1 Å². The highest BCUT2D eigenvalue weighted by Crippen LogP contribution is 2.30. The van der Waals surface area contributed by atoms with Crippen LogP contribution in [0.5, 0.6) is 0 Å². The van der Waals surface area contributed by atoms with Crippen LogP contribution in [-0.2, 0) is 6.18 Å². The maximum Gasteiger partial charge on any atom is 0.417 e. The van der Waals surface area contributed by atoms with Crippen LogP contribution in [0.3, 0.4) is 0 Å². The van der Waals surface area contributed by atoms with Crippen LogP contribution >= 0.6 is 0 Å². The topological polar surface area (TPSA) is 66.0 Å². The molecular weight excluding hydrogens is 321 g/mol. The molecule has 2 aromatic rings. The molecule has 1 saturated heterocycles. The summed E-state index contributed by atoms with van der Waals surface area (Å²) in [7, 11) is 0. The van der Waals surface area contributed by atoms with Crippen molar-refractivity contribution in [3.05, 3.63) is 35.8 Å². The largest absolute Gasteiger partial charge is 0.417 e. The molecule has 3 rings (SSSR count). The van der Waals surface area contributed by atoms with E-state index in [2.05, 4.69) is 30.5 Å². The van der Waals surface area contributed by atoms with Gasteiger partial charge < -0.3 is 15.5 Å². The molecule has 0 amide bonds. The van der Waals surface area contributed by atoms with Crippen LogP contribution in [0.15, 0.2) is 24.5 Å². The van der Waals surface area contributed by atoms with Gasteiger partial charge in [0.1, 0.15) is 5.82 Å². The number of aryl methyl sites for hydroxylation is 1. The van der Waals surface area contributed by atoms with Gasteiger partial charge in [0.15, 0.2) is 11.6 Å². The number of nitrogens with zero attached hydrogens (tertiary/aromatic N) is 4. The molecule has 0 aliphatic carbocycles. The Morgan fingerprint density at radius 3 is 2.50 bits per heavy atom. The Morgan fingerprint density at radius 2 is 1.88 bits per heavy atom. The molecule has 0 unspecified atom stereocenters. The average Bonchev–Trinajstić information content (AvgIpc) is 2.57. The van der Waals surface area contributed by atoms with Gasteiger partial charge in [-0.25, -0.2) is 15.0 Å². The molecular formula is C15H17F3N6. The second-order valence-electron chi connectivity index (χ2n) is 5.48. The number of rotatable bonds is 3. The zero-order valence-electron chi connectivity index (χ0n) is 13.1. The Labute approximate surface area is 137 Å². The number of piperazine rings is 1. The maximum absolute atomic E-state index is 12.6. The Balaban J connectivity index is 1.84. The van der Waals surface area contributed by atoms with E-state index in [1.807, 2.05) is 6.92 Å². The molecule has 0 spiro atoms. The number of halogens is 3. The normalized spacial score (nSPS) is 15.4. The number of nitrogens with one attached hydrogen (secondary N) is 2. The number of hydrogen-bond donors (Lipinski definition) is 2. The molecule has 0 radical (unpaired) electrons. The predicted molar refractivity (Wildman–Crippen MR) is 84.4 cm³/mol. The lowest BCUT2D eigenvalue weighted by atomic mass is 10.3. The van der Waals surface area contributed by atoms with Crippen LogP contribution in [-0.4, -0.2) is 41.1 Å². The minimum Gasteiger partial charge on any atom is -0.351 e. The van der Waals surface area contributed by atoms with Gasteiger partial charge in [0.25, 0.3) is 0 Å². The van der Waals surface area contributed by atoms with Crippen molar-refractivity contribution in [2.45, 2.75) is 13.1 Å². The fourth-order valence-corrected chi connectivity index (χ4v) is 2.41. The second-order valence-corrected chi connectivity index (χ2v) is 5.48. The first-order valence-corrected chi connectivity index (χ1v) is 7.53. The predicted octanol–water partition coefficient (Wildman–Crippen LogP) is 2.35. The van der Waals surface area contributed by atoms with E-state index in [4.69, 9.17) is 0 Å². The van der Waals surface area contributed by atoms with Gasteiger partial charge in [-0.15, -0.1) is 0 Å². The van der Waals surface area contributed by atoms with Gasteiger partial charge in [-0.1, -0.05) is 0 Å². The monoisotopic (exact) mass is 338 g/mol. The number of pyridine rings is 1. The third-order valence-electron chi connectivity index (χ3n) is 3.63. The lowest BCUT2D eigenvalue weighted by molar-refractivity contribution is -0.137. The van der Waals surface area contributed by atoms with Crippen LogP contribution < -0.4 is 15.5 Å². The molecule has 1 aliphatic heterocycles. The quantitative estimate of drug-likeness (QED) is 0.896. The van der Waals surface area contributed by atoms with E-state index in [1.54, 1.807) is 6.20 Å². The number of alkyl halides is 3. The molecule has 1 fully saturated rings. The summed E-state index contributed by atoms with van der Waals surface area (Å²) in [5, 5.41) is 6.22. The third kappa shape index (κ3) is 3.73. The van der Waals surface area contributed by atoms with Crippen molar-refractivity contribution < 1.29 is 13.2 Å². The molecule has 0 saturated carbocycles. The van der Waals surface area contributed by atoms with E-state index < -0.39 is 11.7 Å². The Hall–Kier alpha value is -2.42. The fraction of sp³-hybridized carbons (Fsp3) is 0.400. The lowest BCUT2D eigenvalue weighted by Crippen LogP contribution is -2.44. The first-order valence-electron chi connectivity index (χ1n) is 7.53. The van der Waals surface area contributed by atoms with E-state index in [9.17, 15) is 13.2 Å². The van der Waals surface area contributed by atoms with Crippen LogP contribution in [0, 0.1) is 6.92 Å². The van der Waals surface area contributed by atoms with Gasteiger partial charge >= 0.3 is 6.18 Å². The average molecular weight is 338 g/mol. The van der Waals surface area contributed by atoms with Gasteiger partial charge in [0.05, 0.1) is 17.5 Å². The second kappa shape index (κ2) is 6.60. The van der Waals surface area contributed by atoms with Crippen molar-refractivity contribution in [3.63, 3.8) is 0 Å². The number of anilines is 3. The molecule has 0 atom stereocenters. The van der Waals surface area contributed by atoms with Crippen LogP contribution in [0.1, 0.15) is 11.3 Å². The molecule has 2 aromatic heterocycles. The highest BCUT2D eigenvalue weighted by atomic mass is 19.4. The van der Waals surface area contributed by atoms with Crippen molar-refractivity contribution in [1.29, 1.82) is 0 Å². The van der Waals surface area contributed by atoms with Gasteiger partial charge in [-0.2, -0.15) is 13.2 Å². The minimum atomic E-state index is -4.40. The highest BCUT2D eigenvalue weighted by Gasteiger charge is 2.30. The standard InChI is InChI=1S/C15H17F3N6/c1-10-8-21-13(14(22-10)24-6-4-19-5-7-24)23-12-3-2-11(9-20-12)15(16,17)18/h2-3,8-9,19H,4-7H2,1H3,(H,20,21,23). The molecule has 6 nitrogen and oxygen atoms in total. The lowest BCUT2D eigenvalue weighted by Gasteiger charge is -2.29. The molecule has 0 aromatic carbocycles. The summed E-state index contributed by atoms with van der Waals surface area (Å²) < 4.78 is 37.8. The summed E-state index contributed by atoms with van der Waals surface area (Å²) in [6.45, 7) is 5.10. The highest BCUT2D eigenvalue weighted by molar-refractivity contribution is 5.67. The van der Waals surface area contributed by atoms with E-state index in [1.165, 1.54) is 6.07 Å². The van der Waals surface area contributed by atoms with Gasteiger partial charge in [0, 0.05) is 32.4 Å². The molecule has 9 heteroatoms. The van der Waals surface area contributed by atoms with E-state index in [-0.39, 0.29) is 5.82 Å². The summed E-state index contributed by atoms with van der Waals surface area (Å²) >= 11 is 0. The van der Waals surface area contributed by atoms with Crippen LogP contribution in [0.4, 0.5) is 30.6 Å². The van der Waals surface area contributed by atoms with E-state index >= 15 is 0 Å². The summed E-state index contributed by atoms with van der Waals surface area (Å²) in [4.78, 5) is 14.7. The number of hydrogen-bond acceptors (Lipinski definition) is 6. The number of aromatic nitrogens is 3. The summed E-state index contributed by atoms with van der Waals surface area (Å²) in [5.41, 5.74) is -0.0140. The molecule has 1 aliphatic rings. The van der Waals surface area contributed by atoms with Crippen molar-refractivity contribution in [1.82, 2.24) is 20.3 Å². The minimum absolute atomic E-state index is 0.289. The third-order valence-corrected chi connectivity index (χ3v) is 3.63. The van der Waals surface area contributed by atoms with Crippen molar-refractivity contribution in [3.8, 4) is 0 Å².